The number of likely N-dealkylation sites (tertiary alicyclic amines) is 1. The van der Waals surface area contributed by atoms with Gasteiger partial charge in [0.05, 0.1) is 0 Å². The number of nitrogens with zero attached hydrogens (tertiary/aromatic N) is 2. The number of guanidine groups is 1. The molecule has 152 valence electrons. The highest BCUT2D eigenvalue weighted by atomic mass is 127. The molecular weight excluding hydrogens is 467 g/mol. The van der Waals surface area contributed by atoms with Crippen LogP contribution in [0.25, 0.3) is 0 Å². The molecule has 0 aromatic heterocycles. The largest absolute Gasteiger partial charge is 0.357 e. The molecule has 4 nitrogen and oxygen atoms in total. The summed E-state index contributed by atoms with van der Waals surface area (Å²) in [6.45, 7) is 8.63. The van der Waals surface area contributed by atoms with Crippen LogP contribution in [-0.2, 0) is 6.42 Å². The van der Waals surface area contributed by atoms with Gasteiger partial charge in [0.25, 0.3) is 0 Å². The second kappa shape index (κ2) is 12.9. The highest BCUT2D eigenvalue weighted by Gasteiger charge is 2.22. The third-order valence-corrected chi connectivity index (χ3v) is 6.70. The van der Waals surface area contributed by atoms with Gasteiger partial charge in [-0.15, -0.1) is 24.0 Å². The summed E-state index contributed by atoms with van der Waals surface area (Å²) in [5.41, 5.74) is 1.44. The number of halogens is 1. The number of nitrogens with one attached hydrogen (secondary N) is 2. The fourth-order valence-corrected chi connectivity index (χ4v) is 4.98. The first-order valence-electron chi connectivity index (χ1n) is 10.2. The molecule has 2 unspecified atom stereocenters. The number of benzene rings is 1. The van der Waals surface area contributed by atoms with E-state index in [1.54, 1.807) is 0 Å². The van der Waals surface area contributed by atoms with Crippen molar-refractivity contribution < 1.29 is 0 Å². The van der Waals surface area contributed by atoms with E-state index in [2.05, 4.69) is 64.6 Å². The molecular formula is C21H35IN4S. The van der Waals surface area contributed by atoms with Crippen LogP contribution in [0.4, 0.5) is 0 Å². The van der Waals surface area contributed by atoms with Crippen LogP contribution in [0, 0.1) is 5.92 Å². The molecule has 0 saturated carbocycles. The highest BCUT2D eigenvalue weighted by molar-refractivity contribution is 14.0. The Hall–Kier alpha value is -0.470. The summed E-state index contributed by atoms with van der Waals surface area (Å²) >= 11 is 2.10. The van der Waals surface area contributed by atoms with Crippen molar-refractivity contribution in [3.63, 3.8) is 0 Å². The highest BCUT2D eigenvalue weighted by Crippen LogP contribution is 2.25. The zero-order valence-electron chi connectivity index (χ0n) is 16.5. The standard InChI is InChI=1S/C21H34N4S.HI/c1-2-22-21(24-16-20-9-6-14-26-20)23-15-19-11-13-25(17-19)12-10-18-7-4-3-5-8-18;/h3-5,7-8,19-20H,2,6,9-17H2,1H3,(H2,22,23,24);1H. The molecule has 0 aliphatic carbocycles. The molecule has 2 heterocycles. The van der Waals surface area contributed by atoms with Crippen molar-refractivity contribution in [3.8, 4) is 0 Å². The van der Waals surface area contributed by atoms with Gasteiger partial charge in [0, 0.05) is 38.0 Å². The molecule has 1 aromatic rings. The molecule has 2 N–H and O–H groups in total. The molecule has 1 aromatic carbocycles. The smallest absolute Gasteiger partial charge is 0.191 e. The average Bonchev–Trinajstić information content (AvgIpc) is 3.35. The Morgan fingerprint density at radius 3 is 2.81 bits per heavy atom. The van der Waals surface area contributed by atoms with E-state index in [1.165, 1.54) is 50.2 Å². The van der Waals surface area contributed by atoms with E-state index in [1.807, 2.05) is 0 Å². The fourth-order valence-electron chi connectivity index (χ4n) is 3.77. The molecule has 0 radical (unpaired) electrons. The van der Waals surface area contributed by atoms with Crippen molar-refractivity contribution >= 4 is 41.7 Å². The average molecular weight is 503 g/mol. The lowest BCUT2D eigenvalue weighted by molar-refractivity contribution is 0.329. The van der Waals surface area contributed by atoms with E-state index in [9.17, 15) is 0 Å². The van der Waals surface area contributed by atoms with Crippen molar-refractivity contribution in [2.24, 2.45) is 10.9 Å². The lowest BCUT2D eigenvalue weighted by atomic mass is 10.1. The Bertz CT molecular complexity index is 548. The molecule has 3 rings (SSSR count). The monoisotopic (exact) mass is 502 g/mol. The maximum absolute atomic E-state index is 4.87. The predicted molar refractivity (Wildman–Crippen MR) is 130 cm³/mol. The molecule has 0 bridgehead atoms. The molecule has 2 atom stereocenters. The summed E-state index contributed by atoms with van der Waals surface area (Å²) in [6, 6.07) is 10.8. The zero-order valence-corrected chi connectivity index (χ0v) is 19.7. The van der Waals surface area contributed by atoms with Crippen molar-refractivity contribution in [3.05, 3.63) is 35.9 Å². The SMILES string of the molecule is CCNC(=NCC1CCN(CCc2ccccc2)C1)NCC1CCCS1.I. The van der Waals surface area contributed by atoms with E-state index in [-0.39, 0.29) is 24.0 Å². The molecule has 2 fully saturated rings. The first-order valence-corrected chi connectivity index (χ1v) is 11.3. The first kappa shape index (κ1) is 22.8. The van der Waals surface area contributed by atoms with Crippen LogP contribution in [-0.4, -0.2) is 61.1 Å². The van der Waals surface area contributed by atoms with Crippen LogP contribution >= 0.6 is 35.7 Å². The number of thioether (sulfide) groups is 1. The second-order valence-electron chi connectivity index (χ2n) is 7.43. The Morgan fingerprint density at radius 1 is 1.22 bits per heavy atom. The van der Waals surface area contributed by atoms with Gasteiger partial charge in [-0.2, -0.15) is 11.8 Å². The third kappa shape index (κ3) is 8.20. The molecule has 2 aliphatic rings. The lowest BCUT2D eigenvalue weighted by Gasteiger charge is -2.17. The van der Waals surface area contributed by atoms with Crippen molar-refractivity contribution in [2.45, 2.75) is 37.9 Å². The predicted octanol–water partition coefficient (Wildman–Crippen LogP) is 3.62. The Balaban J connectivity index is 0.00000261. The topological polar surface area (TPSA) is 39.7 Å². The van der Waals surface area contributed by atoms with Gasteiger partial charge < -0.3 is 15.5 Å². The summed E-state index contributed by atoms with van der Waals surface area (Å²) in [4.78, 5) is 7.47. The Morgan fingerprint density at radius 2 is 2.07 bits per heavy atom. The summed E-state index contributed by atoms with van der Waals surface area (Å²) in [7, 11) is 0. The van der Waals surface area contributed by atoms with E-state index in [0.717, 1.165) is 37.3 Å². The molecule has 0 amide bonds. The summed E-state index contributed by atoms with van der Waals surface area (Å²) in [6.07, 6.45) is 5.14. The molecule has 6 heteroatoms. The van der Waals surface area contributed by atoms with Gasteiger partial charge in [0.15, 0.2) is 5.96 Å². The van der Waals surface area contributed by atoms with Gasteiger partial charge in [-0.1, -0.05) is 30.3 Å². The third-order valence-electron chi connectivity index (χ3n) is 5.30. The minimum atomic E-state index is 0. The summed E-state index contributed by atoms with van der Waals surface area (Å²) in [5.74, 6) is 3.02. The normalized spacial score (nSPS) is 23.2. The van der Waals surface area contributed by atoms with Crippen LogP contribution in [0.1, 0.15) is 31.7 Å². The molecule has 2 aliphatic heterocycles. The molecule has 27 heavy (non-hydrogen) atoms. The Kier molecular flexibility index (Phi) is 10.9. The van der Waals surface area contributed by atoms with Gasteiger partial charge in [-0.05, 0) is 56.4 Å². The van der Waals surface area contributed by atoms with Crippen molar-refractivity contribution in [1.29, 1.82) is 0 Å². The van der Waals surface area contributed by atoms with Gasteiger partial charge in [0.1, 0.15) is 0 Å². The van der Waals surface area contributed by atoms with Crippen LogP contribution in [0.5, 0.6) is 0 Å². The van der Waals surface area contributed by atoms with Crippen LogP contribution in [0.15, 0.2) is 35.3 Å². The fraction of sp³-hybridized carbons (Fsp3) is 0.667. The molecule has 0 spiro atoms. The van der Waals surface area contributed by atoms with Gasteiger partial charge >= 0.3 is 0 Å². The van der Waals surface area contributed by atoms with E-state index in [0.29, 0.717) is 5.92 Å². The second-order valence-corrected chi connectivity index (χ2v) is 8.83. The van der Waals surface area contributed by atoms with Gasteiger partial charge in [-0.3, -0.25) is 4.99 Å². The zero-order chi connectivity index (χ0) is 18.0. The summed E-state index contributed by atoms with van der Waals surface area (Å²) < 4.78 is 0. The van der Waals surface area contributed by atoms with Crippen molar-refractivity contribution in [1.82, 2.24) is 15.5 Å². The molecule has 2 saturated heterocycles. The minimum Gasteiger partial charge on any atom is -0.357 e. The maximum atomic E-state index is 4.87. The van der Waals surface area contributed by atoms with Gasteiger partial charge in [-0.25, -0.2) is 0 Å². The quantitative estimate of drug-likeness (QED) is 0.324. The number of aliphatic imine (C=N–C) groups is 1. The maximum Gasteiger partial charge on any atom is 0.191 e. The number of rotatable bonds is 8. The number of hydrogen-bond acceptors (Lipinski definition) is 3. The van der Waals surface area contributed by atoms with E-state index < -0.39 is 0 Å². The van der Waals surface area contributed by atoms with Crippen LogP contribution in [0.3, 0.4) is 0 Å². The van der Waals surface area contributed by atoms with E-state index >= 15 is 0 Å². The van der Waals surface area contributed by atoms with E-state index in [4.69, 9.17) is 4.99 Å². The van der Waals surface area contributed by atoms with Crippen molar-refractivity contribution in [2.75, 3.05) is 45.0 Å². The van der Waals surface area contributed by atoms with Gasteiger partial charge in [0.2, 0.25) is 0 Å². The summed E-state index contributed by atoms with van der Waals surface area (Å²) in [5, 5.41) is 7.72. The lowest BCUT2D eigenvalue weighted by Crippen LogP contribution is -2.40. The first-order chi connectivity index (χ1) is 12.8. The van der Waals surface area contributed by atoms with Crippen LogP contribution < -0.4 is 10.6 Å². The minimum absolute atomic E-state index is 0. The Labute approximate surface area is 186 Å². The van der Waals surface area contributed by atoms with Crippen LogP contribution in [0.2, 0.25) is 0 Å². The number of hydrogen-bond donors (Lipinski definition) is 2.